The maximum atomic E-state index is 11.5. The molecular weight excluding hydrogens is 244 g/mol. The summed E-state index contributed by atoms with van der Waals surface area (Å²) in [6, 6.07) is 12.1. The van der Waals surface area contributed by atoms with Crippen molar-refractivity contribution in [1.29, 1.82) is 0 Å². The van der Waals surface area contributed by atoms with Crippen LogP contribution in [0.1, 0.15) is 22.8 Å². The Morgan fingerprint density at radius 3 is 2.42 bits per heavy atom. The summed E-state index contributed by atoms with van der Waals surface area (Å²) in [6.07, 6.45) is 0. The molecule has 2 aromatic rings. The van der Waals surface area contributed by atoms with E-state index in [2.05, 4.69) is 0 Å². The van der Waals surface area contributed by atoms with Crippen molar-refractivity contribution in [1.82, 2.24) is 0 Å². The van der Waals surface area contributed by atoms with E-state index in [1.807, 2.05) is 30.3 Å². The van der Waals surface area contributed by atoms with Gasteiger partial charge in [0.05, 0.1) is 5.56 Å². The fourth-order valence-corrected chi connectivity index (χ4v) is 1.71. The summed E-state index contributed by atoms with van der Waals surface area (Å²) in [6.45, 7) is 1.58. The predicted octanol–water partition coefficient (Wildman–Crippen LogP) is 2.88. The predicted molar refractivity (Wildman–Crippen MR) is 70.6 cm³/mol. The second-order valence-corrected chi connectivity index (χ2v) is 4.14. The molecule has 0 aromatic heterocycles. The zero-order chi connectivity index (χ0) is 13.8. The van der Waals surface area contributed by atoms with Crippen LogP contribution in [0.5, 0.6) is 17.2 Å². The van der Waals surface area contributed by atoms with Crippen LogP contribution in [-0.4, -0.2) is 16.0 Å². The smallest absolute Gasteiger partial charge is 0.201 e. The van der Waals surface area contributed by atoms with E-state index in [0.29, 0.717) is 0 Å². The number of hydrogen-bond acceptors (Lipinski definition) is 4. The molecule has 0 unspecified atom stereocenters. The van der Waals surface area contributed by atoms with Crippen LogP contribution in [0.3, 0.4) is 0 Å². The van der Waals surface area contributed by atoms with E-state index in [-0.39, 0.29) is 29.5 Å². The van der Waals surface area contributed by atoms with Gasteiger partial charge in [-0.25, -0.2) is 0 Å². The van der Waals surface area contributed by atoms with Crippen molar-refractivity contribution in [3.8, 4) is 17.2 Å². The molecule has 19 heavy (non-hydrogen) atoms. The Hall–Kier alpha value is -2.49. The summed E-state index contributed by atoms with van der Waals surface area (Å²) in [5, 5.41) is 19.2. The molecule has 2 rings (SSSR count). The van der Waals surface area contributed by atoms with Crippen LogP contribution in [0.2, 0.25) is 0 Å². The normalized spacial score (nSPS) is 10.2. The van der Waals surface area contributed by atoms with Crippen molar-refractivity contribution in [2.45, 2.75) is 13.5 Å². The van der Waals surface area contributed by atoms with Gasteiger partial charge in [0, 0.05) is 0 Å². The lowest BCUT2D eigenvalue weighted by atomic mass is 10.1. The van der Waals surface area contributed by atoms with Gasteiger partial charge in [0.25, 0.3) is 0 Å². The number of rotatable bonds is 4. The number of benzene rings is 2. The Labute approximate surface area is 110 Å². The first-order valence-electron chi connectivity index (χ1n) is 5.82. The fraction of sp³-hybridized carbons (Fsp3) is 0.133. The topological polar surface area (TPSA) is 66.8 Å². The van der Waals surface area contributed by atoms with Crippen LogP contribution in [-0.2, 0) is 6.61 Å². The molecule has 0 heterocycles. The van der Waals surface area contributed by atoms with Gasteiger partial charge in [-0.15, -0.1) is 0 Å². The first kappa shape index (κ1) is 13.0. The average Bonchev–Trinajstić information content (AvgIpc) is 2.41. The molecule has 2 N–H and O–H groups in total. The van der Waals surface area contributed by atoms with Gasteiger partial charge in [-0.3, -0.25) is 4.79 Å². The lowest BCUT2D eigenvalue weighted by Crippen LogP contribution is -2.02. The quantitative estimate of drug-likeness (QED) is 0.653. The van der Waals surface area contributed by atoms with Crippen LogP contribution >= 0.6 is 0 Å². The highest BCUT2D eigenvalue weighted by Gasteiger charge is 2.16. The number of phenolic OH excluding ortho intramolecular Hbond substituents is 2. The van der Waals surface area contributed by atoms with Crippen LogP contribution in [0, 0.1) is 0 Å². The maximum absolute atomic E-state index is 11.5. The summed E-state index contributed by atoms with van der Waals surface area (Å²) in [5.41, 5.74) is 1.14. The van der Waals surface area contributed by atoms with Gasteiger partial charge in [0.2, 0.25) is 5.75 Å². The minimum Gasteiger partial charge on any atom is -0.504 e. The third-order valence-corrected chi connectivity index (χ3v) is 2.72. The molecule has 0 fully saturated rings. The van der Waals surface area contributed by atoms with Crippen molar-refractivity contribution in [2.75, 3.05) is 0 Å². The number of carbonyl (C=O) groups is 1. The highest BCUT2D eigenvalue weighted by Crippen LogP contribution is 2.38. The molecule has 0 amide bonds. The molecule has 2 aromatic carbocycles. The Bertz CT molecular complexity index is 591. The van der Waals surface area contributed by atoms with E-state index in [9.17, 15) is 15.0 Å². The number of Topliss-reactive ketones (excluding diaryl/α,β-unsaturated/α-hetero) is 1. The number of ketones is 1. The van der Waals surface area contributed by atoms with Crippen molar-refractivity contribution in [3.05, 3.63) is 53.6 Å². The number of phenols is 2. The Balaban J connectivity index is 2.28. The standard InChI is InChI=1S/C15H14O4/c1-10(16)12-7-8-13(17)14(18)15(12)19-9-11-5-3-2-4-6-11/h2-8,17-18H,9H2,1H3. The van der Waals surface area contributed by atoms with Gasteiger partial charge in [0.15, 0.2) is 17.3 Å². The number of hydrogen-bond donors (Lipinski definition) is 2. The van der Waals surface area contributed by atoms with E-state index in [4.69, 9.17) is 4.74 Å². The molecular formula is C15H14O4. The minimum atomic E-state index is -0.413. The average molecular weight is 258 g/mol. The first-order valence-corrected chi connectivity index (χ1v) is 5.82. The van der Waals surface area contributed by atoms with E-state index in [1.165, 1.54) is 19.1 Å². The van der Waals surface area contributed by atoms with E-state index < -0.39 is 5.75 Å². The van der Waals surface area contributed by atoms with Gasteiger partial charge < -0.3 is 14.9 Å². The molecule has 4 nitrogen and oxygen atoms in total. The van der Waals surface area contributed by atoms with E-state index >= 15 is 0 Å². The zero-order valence-corrected chi connectivity index (χ0v) is 10.5. The van der Waals surface area contributed by atoms with Gasteiger partial charge in [-0.2, -0.15) is 0 Å². The molecule has 4 heteroatoms. The first-order chi connectivity index (χ1) is 9.09. The highest BCUT2D eigenvalue weighted by atomic mass is 16.5. The summed E-state index contributed by atoms with van der Waals surface area (Å²) >= 11 is 0. The second-order valence-electron chi connectivity index (χ2n) is 4.14. The van der Waals surface area contributed by atoms with Gasteiger partial charge in [0.1, 0.15) is 6.61 Å². The SMILES string of the molecule is CC(=O)c1ccc(O)c(O)c1OCc1ccccc1. The van der Waals surface area contributed by atoms with Crippen molar-refractivity contribution >= 4 is 5.78 Å². The van der Waals surface area contributed by atoms with Crippen LogP contribution < -0.4 is 4.74 Å². The zero-order valence-electron chi connectivity index (χ0n) is 10.5. The van der Waals surface area contributed by atoms with Crippen molar-refractivity contribution < 1.29 is 19.7 Å². The van der Waals surface area contributed by atoms with Gasteiger partial charge >= 0.3 is 0 Å². The molecule has 98 valence electrons. The number of aromatic hydroxyl groups is 2. The summed E-state index contributed by atoms with van der Waals surface area (Å²) in [5.74, 6) is -0.952. The second kappa shape index (κ2) is 5.44. The molecule has 0 aliphatic carbocycles. The van der Waals surface area contributed by atoms with Gasteiger partial charge in [-0.05, 0) is 24.6 Å². The lowest BCUT2D eigenvalue weighted by Gasteiger charge is -2.12. The third-order valence-electron chi connectivity index (χ3n) is 2.72. The summed E-state index contributed by atoms with van der Waals surface area (Å²) in [7, 11) is 0. The molecule has 0 saturated carbocycles. The number of carbonyl (C=O) groups excluding carboxylic acids is 1. The third kappa shape index (κ3) is 2.85. The fourth-order valence-electron chi connectivity index (χ4n) is 1.71. The maximum Gasteiger partial charge on any atom is 0.201 e. The Kier molecular flexibility index (Phi) is 3.71. The van der Waals surface area contributed by atoms with Crippen LogP contribution in [0.15, 0.2) is 42.5 Å². The van der Waals surface area contributed by atoms with Crippen LogP contribution in [0.4, 0.5) is 0 Å². The minimum absolute atomic E-state index is 0.0105. The molecule has 0 spiro atoms. The van der Waals surface area contributed by atoms with Crippen molar-refractivity contribution in [2.24, 2.45) is 0 Å². The summed E-state index contributed by atoms with van der Waals surface area (Å²) in [4.78, 5) is 11.5. The van der Waals surface area contributed by atoms with Gasteiger partial charge in [-0.1, -0.05) is 30.3 Å². The molecule has 0 aliphatic rings. The molecule has 0 atom stereocenters. The molecule has 0 bridgehead atoms. The van der Waals surface area contributed by atoms with Crippen LogP contribution in [0.25, 0.3) is 0 Å². The molecule has 0 aliphatic heterocycles. The monoisotopic (exact) mass is 258 g/mol. The lowest BCUT2D eigenvalue weighted by molar-refractivity contribution is 0.101. The summed E-state index contributed by atoms with van der Waals surface area (Å²) < 4.78 is 5.47. The Morgan fingerprint density at radius 1 is 1.11 bits per heavy atom. The number of ether oxygens (including phenoxy) is 1. The van der Waals surface area contributed by atoms with E-state index in [0.717, 1.165) is 5.56 Å². The van der Waals surface area contributed by atoms with Crippen molar-refractivity contribution in [3.63, 3.8) is 0 Å². The highest BCUT2D eigenvalue weighted by molar-refractivity contribution is 5.98. The van der Waals surface area contributed by atoms with E-state index in [1.54, 1.807) is 0 Å². The largest absolute Gasteiger partial charge is 0.504 e. The Morgan fingerprint density at radius 2 is 1.79 bits per heavy atom. The molecule has 0 radical (unpaired) electrons. The molecule has 0 saturated heterocycles.